The number of carbonyl (C=O) groups is 3. The third-order valence-corrected chi connectivity index (χ3v) is 7.21. The molecule has 1 aromatic carbocycles. The van der Waals surface area contributed by atoms with Crippen LogP contribution in [-0.4, -0.2) is 66.6 Å². The first kappa shape index (κ1) is 38.3. The number of carbonyl (C=O) groups excluding carboxylic acids is 3. The van der Waals surface area contributed by atoms with Crippen LogP contribution < -0.4 is 5.32 Å². The molecule has 3 N–H and O–H groups in total. The van der Waals surface area contributed by atoms with E-state index in [0.717, 1.165) is 12.8 Å². The van der Waals surface area contributed by atoms with Crippen LogP contribution >= 0.6 is 0 Å². The number of hydrogen-bond acceptors (Lipinski definition) is 11. The molecule has 44 heavy (non-hydrogen) atoms. The molecule has 1 aromatic rings. The molecule has 1 aliphatic rings. The maximum atomic E-state index is 12.3. The van der Waals surface area contributed by atoms with Gasteiger partial charge in [-0.25, -0.2) is 9.59 Å². The SMILES string of the molecule is CCCCCCCCCCCC(=O)OC(CO)CO.COC(=O)C1=C(C)NC(C)=C(C(=O)OC)C1c1ccccc1[N+](=O)[O-]. The van der Waals surface area contributed by atoms with E-state index in [1.54, 1.807) is 19.9 Å². The molecule has 1 aliphatic heterocycles. The van der Waals surface area contributed by atoms with E-state index in [-0.39, 0.29) is 41.6 Å². The highest BCUT2D eigenvalue weighted by atomic mass is 16.6. The number of nitrogens with one attached hydrogen (secondary N) is 1. The minimum absolute atomic E-state index is 0.128. The van der Waals surface area contributed by atoms with Crippen LogP contribution in [0.2, 0.25) is 0 Å². The molecule has 246 valence electrons. The van der Waals surface area contributed by atoms with Gasteiger partial charge in [0.2, 0.25) is 0 Å². The highest BCUT2D eigenvalue weighted by molar-refractivity contribution is 6.00. The lowest BCUT2D eigenvalue weighted by Gasteiger charge is -2.29. The number of hydrogen-bond donors (Lipinski definition) is 3. The van der Waals surface area contributed by atoms with Gasteiger partial charge in [-0.2, -0.15) is 0 Å². The van der Waals surface area contributed by atoms with Crippen LogP contribution in [0, 0.1) is 10.1 Å². The van der Waals surface area contributed by atoms with E-state index in [0.29, 0.717) is 17.8 Å². The smallest absolute Gasteiger partial charge is 0.336 e. The summed E-state index contributed by atoms with van der Waals surface area (Å²) in [7, 11) is 2.42. The van der Waals surface area contributed by atoms with Crippen LogP contribution in [-0.2, 0) is 28.6 Å². The average Bonchev–Trinajstić information content (AvgIpc) is 3.02. The lowest BCUT2D eigenvalue weighted by atomic mass is 9.79. The number of aliphatic hydroxyl groups is 2. The van der Waals surface area contributed by atoms with E-state index in [1.807, 2.05) is 0 Å². The molecular weight excluding hydrogens is 572 g/mol. The summed E-state index contributed by atoms with van der Waals surface area (Å²) >= 11 is 0. The van der Waals surface area contributed by atoms with Gasteiger partial charge in [-0.1, -0.05) is 76.5 Å². The maximum absolute atomic E-state index is 12.3. The van der Waals surface area contributed by atoms with Crippen molar-refractivity contribution in [3.05, 3.63) is 62.5 Å². The summed E-state index contributed by atoms with van der Waals surface area (Å²) < 4.78 is 14.5. The fourth-order valence-corrected chi connectivity index (χ4v) is 4.92. The molecule has 1 heterocycles. The van der Waals surface area contributed by atoms with Crippen molar-refractivity contribution in [1.29, 1.82) is 0 Å². The third-order valence-electron chi connectivity index (χ3n) is 7.21. The monoisotopic (exact) mass is 620 g/mol. The fraction of sp³-hybridized carbons (Fsp3) is 0.594. The van der Waals surface area contributed by atoms with Gasteiger partial charge in [0.05, 0.1) is 49.4 Å². The van der Waals surface area contributed by atoms with E-state index in [2.05, 4.69) is 12.2 Å². The summed E-state index contributed by atoms with van der Waals surface area (Å²) in [6.45, 7) is 4.87. The normalized spacial score (nSPS) is 13.2. The number of nitro benzene ring substituents is 1. The zero-order valence-corrected chi connectivity index (χ0v) is 26.6. The molecule has 0 saturated carbocycles. The van der Waals surface area contributed by atoms with E-state index in [9.17, 15) is 24.5 Å². The third kappa shape index (κ3) is 12.1. The molecule has 12 heteroatoms. The Bertz CT molecular complexity index is 1120. The zero-order valence-electron chi connectivity index (χ0n) is 26.6. The summed E-state index contributed by atoms with van der Waals surface area (Å²) in [5, 5.41) is 31.9. The summed E-state index contributed by atoms with van der Waals surface area (Å²) in [5.74, 6) is -2.65. The highest BCUT2D eigenvalue weighted by Gasteiger charge is 2.40. The molecule has 0 fully saturated rings. The number of nitro groups is 1. The number of aliphatic hydroxyl groups excluding tert-OH is 2. The average molecular weight is 621 g/mol. The standard InChI is InChI=1S/C17H18N2O6.C15H30O4/c1-9-13(16(20)24-3)15(14(10(2)18-9)17(21)25-4)11-7-5-6-8-12(11)19(22)23;1-2-3-4-5-6-7-8-9-10-11-15(18)19-14(12-16)13-17/h5-8,15,18H,1-4H3;14,16-17H,2-13H2,1H3. The van der Waals surface area contributed by atoms with Crippen LogP contribution in [0.4, 0.5) is 5.69 Å². The Morgan fingerprint density at radius 1 is 0.864 bits per heavy atom. The number of allylic oxidation sites excluding steroid dienone is 2. The number of methoxy groups -OCH3 is 2. The van der Waals surface area contributed by atoms with Gasteiger partial charge in [0.1, 0.15) is 6.10 Å². The first-order valence-electron chi connectivity index (χ1n) is 15.1. The van der Waals surface area contributed by atoms with E-state index < -0.39 is 28.9 Å². The van der Waals surface area contributed by atoms with Crippen molar-refractivity contribution >= 4 is 23.6 Å². The summed E-state index contributed by atoms with van der Waals surface area (Å²) in [4.78, 5) is 46.9. The maximum Gasteiger partial charge on any atom is 0.336 e. The number of dihydropyridines is 1. The van der Waals surface area contributed by atoms with Crippen molar-refractivity contribution in [3.8, 4) is 0 Å². The van der Waals surface area contributed by atoms with Gasteiger partial charge in [-0.15, -0.1) is 0 Å². The lowest BCUT2D eigenvalue weighted by molar-refractivity contribution is -0.385. The van der Waals surface area contributed by atoms with Crippen molar-refractivity contribution in [1.82, 2.24) is 5.32 Å². The largest absolute Gasteiger partial charge is 0.466 e. The predicted octanol–water partition coefficient (Wildman–Crippen LogP) is 4.98. The Hall–Kier alpha value is -3.77. The van der Waals surface area contributed by atoms with Crippen LogP contribution in [0.15, 0.2) is 46.8 Å². The molecule has 2 rings (SSSR count). The Morgan fingerprint density at radius 3 is 1.80 bits per heavy atom. The number of nitrogens with zero attached hydrogens (tertiary/aromatic N) is 1. The van der Waals surface area contributed by atoms with Crippen molar-refractivity contribution in [2.45, 2.75) is 97.0 Å². The molecule has 0 unspecified atom stereocenters. The Labute approximate surface area is 259 Å². The zero-order chi connectivity index (χ0) is 33.1. The second-order valence-electron chi connectivity index (χ2n) is 10.5. The first-order chi connectivity index (χ1) is 21.1. The van der Waals surface area contributed by atoms with Gasteiger partial charge in [0.15, 0.2) is 0 Å². The lowest BCUT2D eigenvalue weighted by Crippen LogP contribution is -2.32. The second kappa shape index (κ2) is 21.0. The minimum Gasteiger partial charge on any atom is -0.466 e. The molecule has 0 amide bonds. The fourth-order valence-electron chi connectivity index (χ4n) is 4.92. The van der Waals surface area contributed by atoms with Gasteiger partial charge in [0.25, 0.3) is 5.69 Å². The molecule has 12 nitrogen and oxygen atoms in total. The second-order valence-corrected chi connectivity index (χ2v) is 10.5. The molecular formula is C32H48N2O10. The topological polar surface area (TPSA) is 175 Å². The van der Waals surface area contributed by atoms with Gasteiger partial charge in [-0.3, -0.25) is 14.9 Å². The molecule has 0 atom stereocenters. The van der Waals surface area contributed by atoms with E-state index in [1.165, 1.54) is 77.4 Å². The van der Waals surface area contributed by atoms with Gasteiger partial charge >= 0.3 is 17.9 Å². The van der Waals surface area contributed by atoms with Crippen molar-refractivity contribution in [2.75, 3.05) is 27.4 Å². The quantitative estimate of drug-likeness (QED) is 0.0704. The molecule has 0 aliphatic carbocycles. The van der Waals surface area contributed by atoms with Gasteiger partial charge in [0, 0.05) is 29.4 Å². The number of esters is 3. The number of para-hydroxylation sites is 1. The first-order valence-corrected chi connectivity index (χ1v) is 15.1. The molecule has 0 spiro atoms. The molecule has 0 aromatic heterocycles. The number of benzene rings is 1. The molecule has 0 saturated heterocycles. The van der Waals surface area contributed by atoms with Crippen LogP contribution in [0.5, 0.6) is 0 Å². The van der Waals surface area contributed by atoms with E-state index in [4.69, 9.17) is 24.4 Å². The van der Waals surface area contributed by atoms with Crippen molar-refractivity contribution < 1.29 is 43.7 Å². The van der Waals surface area contributed by atoms with Crippen LogP contribution in [0.3, 0.4) is 0 Å². The molecule has 0 radical (unpaired) electrons. The van der Waals surface area contributed by atoms with Gasteiger partial charge < -0.3 is 29.7 Å². The van der Waals surface area contributed by atoms with E-state index >= 15 is 0 Å². The Kier molecular flexibility index (Phi) is 18.3. The number of ether oxygens (including phenoxy) is 3. The highest BCUT2D eigenvalue weighted by Crippen LogP contribution is 2.42. The summed E-state index contributed by atoms with van der Waals surface area (Å²) in [5.41, 5.74) is 1.19. The van der Waals surface area contributed by atoms with Crippen molar-refractivity contribution in [3.63, 3.8) is 0 Å². The number of rotatable bonds is 17. The van der Waals surface area contributed by atoms with Crippen molar-refractivity contribution in [2.24, 2.45) is 0 Å². The Balaban J connectivity index is 0.000000459. The van der Waals surface area contributed by atoms with Crippen LogP contribution in [0.1, 0.15) is 96.5 Å². The van der Waals surface area contributed by atoms with Crippen LogP contribution in [0.25, 0.3) is 0 Å². The number of unbranched alkanes of at least 4 members (excludes halogenated alkanes) is 8. The summed E-state index contributed by atoms with van der Waals surface area (Å²) in [6, 6.07) is 5.97. The Morgan fingerprint density at radius 2 is 1.34 bits per heavy atom. The predicted molar refractivity (Wildman–Crippen MR) is 164 cm³/mol. The minimum atomic E-state index is -0.970. The summed E-state index contributed by atoms with van der Waals surface area (Å²) in [6.07, 6.45) is 10.5. The molecule has 0 bridgehead atoms. The van der Waals surface area contributed by atoms with Gasteiger partial charge in [-0.05, 0) is 20.3 Å².